The lowest BCUT2D eigenvalue weighted by atomic mass is 9.85. The molecule has 1 aliphatic rings. The van der Waals surface area contributed by atoms with E-state index in [1.807, 2.05) is 12.1 Å². The molecule has 0 amide bonds. The van der Waals surface area contributed by atoms with E-state index in [0.29, 0.717) is 50.2 Å². The van der Waals surface area contributed by atoms with Crippen molar-refractivity contribution in [2.45, 2.75) is 25.8 Å². The summed E-state index contributed by atoms with van der Waals surface area (Å²) in [5, 5.41) is 12.8. The van der Waals surface area contributed by atoms with Gasteiger partial charge in [-0.15, -0.1) is 0 Å². The molecule has 3 rings (SSSR count). The minimum Gasteiger partial charge on any atom is -0.481 e. The molecule has 8 nitrogen and oxygen atoms in total. The molecule has 0 atom stereocenters. The van der Waals surface area contributed by atoms with Crippen molar-refractivity contribution in [2.75, 3.05) is 36.5 Å². The number of rotatable bonds is 6. The zero-order chi connectivity index (χ0) is 18.6. The van der Waals surface area contributed by atoms with Crippen LogP contribution in [0.4, 0.5) is 11.8 Å². The zero-order valence-electron chi connectivity index (χ0n) is 15.0. The van der Waals surface area contributed by atoms with Crippen LogP contribution in [0.25, 0.3) is 0 Å². The number of pyridine rings is 1. The van der Waals surface area contributed by atoms with Gasteiger partial charge in [0.1, 0.15) is 5.82 Å². The third-order valence-electron chi connectivity index (χ3n) is 4.46. The van der Waals surface area contributed by atoms with Crippen molar-refractivity contribution in [3.63, 3.8) is 0 Å². The second-order valence-corrected chi connectivity index (χ2v) is 6.68. The summed E-state index contributed by atoms with van der Waals surface area (Å²) < 4.78 is 5.41. The third kappa shape index (κ3) is 3.91. The van der Waals surface area contributed by atoms with Crippen LogP contribution in [-0.4, -0.2) is 52.3 Å². The van der Waals surface area contributed by atoms with E-state index in [0.717, 1.165) is 5.56 Å². The highest BCUT2D eigenvalue weighted by atomic mass is 16.5. The number of aromatic nitrogens is 3. The molecule has 0 radical (unpaired) electrons. The number of nitrogens with one attached hydrogen (secondary N) is 1. The summed E-state index contributed by atoms with van der Waals surface area (Å²) in [7, 11) is 0. The van der Waals surface area contributed by atoms with Gasteiger partial charge in [-0.1, -0.05) is 6.07 Å². The molecule has 1 aliphatic heterocycles. The minimum absolute atomic E-state index is 0.459. The predicted molar refractivity (Wildman–Crippen MR) is 97.3 cm³/mol. The van der Waals surface area contributed by atoms with Crippen LogP contribution in [0.1, 0.15) is 25.0 Å². The maximum absolute atomic E-state index is 11.7. The first-order valence-corrected chi connectivity index (χ1v) is 8.55. The first kappa shape index (κ1) is 18.1. The van der Waals surface area contributed by atoms with E-state index in [-0.39, 0.29) is 0 Å². The van der Waals surface area contributed by atoms with Crippen molar-refractivity contribution in [1.29, 1.82) is 0 Å². The Hall–Kier alpha value is -2.74. The summed E-state index contributed by atoms with van der Waals surface area (Å²) in [6, 6.07) is 3.83. The Balaban J connectivity index is 1.89. The smallest absolute Gasteiger partial charge is 0.313 e. The highest BCUT2D eigenvalue weighted by Gasteiger charge is 2.35. The SMILES string of the molecule is CC(C)(C(=O)O)c1cnc(NCc2cccnc2)nc1N1CCOCC1. The molecule has 3 heterocycles. The number of hydrogen-bond acceptors (Lipinski definition) is 7. The van der Waals surface area contributed by atoms with Gasteiger partial charge < -0.3 is 20.1 Å². The van der Waals surface area contributed by atoms with Crippen molar-refractivity contribution in [3.8, 4) is 0 Å². The summed E-state index contributed by atoms with van der Waals surface area (Å²) in [6.07, 6.45) is 5.11. The molecular formula is C18H23N5O3. The van der Waals surface area contributed by atoms with Gasteiger partial charge in [0.05, 0.1) is 18.6 Å². The third-order valence-corrected chi connectivity index (χ3v) is 4.46. The highest BCUT2D eigenvalue weighted by molar-refractivity contribution is 5.82. The second-order valence-electron chi connectivity index (χ2n) is 6.68. The van der Waals surface area contributed by atoms with Crippen LogP contribution in [0.15, 0.2) is 30.7 Å². The molecule has 1 fully saturated rings. The van der Waals surface area contributed by atoms with Crippen molar-refractivity contribution in [1.82, 2.24) is 15.0 Å². The van der Waals surface area contributed by atoms with Gasteiger partial charge in [-0.05, 0) is 25.5 Å². The Morgan fingerprint density at radius 2 is 2.12 bits per heavy atom. The first-order chi connectivity index (χ1) is 12.5. The van der Waals surface area contributed by atoms with Gasteiger partial charge >= 0.3 is 5.97 Å². The van der Waals surface area contributed by atoms with E-state index < -0.39 is 11.4 Å². The van der Waals surface area contributed by atoms with Gasteiger partial charge in [0.15, 0.2) is 0 Å². The lowest BCUT2D eigenvalue weighted by Crippen LogP contribution is -2.40. The molecule has 0 saturated carbocycles. The van der Waals surface area contributed by atoms with E-state index in [1.165, 1.54) is 0 Å². The topological polar surface area (TPSA) is 100 Å². The summed E-state index contributed by atoms with van der Waals surface area (Å²) in [6.45, 7) is 6.40. The predicted octanol–water partition coefficient (Wildman–Crippen LogP) is 1.68. The van der Waals surface area contributed by atoms with Crippen molar-refractivity contribution in [3.05, 3.63) is 41.9 Å². The number of carboxylic acids is 1. The number of hydrogen-bond donors (Lipinski definition) is 2. The highest BCUT2D eigenvalue weighted by Crippen LogP contribution is 2.32. The Morgan fingerprint density at radius 3 is 2.77 bits per heavy atom. The first-order valence-electron chi connectivity index (χ1n) is 8.55. The fraction of sp³-hybridized carbons (Fsp3) is 0.444. The quantitative estimate of drug-likeness (QED) is 0.805. The number of aliphatic carboxylic acids is 1. The van der Waals surface area contributed by atoms with E-state index in [4.69, 9.17) is 4.74 Å². The lowest BCUT2D eigenvalue weighted by molar-refractivity contribution is -0.142. The lowest BCUT2D eigenvalue weighted by Gasteiger charge is -2.32. The molecule has 0 aromatic carbocycles. The average Bonchev–Trinajstić information content (AvgIpc) is 2.67. The van der Waals surface area contributed by atoms with Crippen molar-refractivity contribution in [2.24, 2.45) is 0 Å². The van der Waals surface area contributed by atoms with Crippen molar-refractivity contribution >= 4 is 17.7 Å². The van der Waals surface area contributed by atoms with E-state index in [9.17, 15) is 9.90 Å². The van der Waals surface area contributed by atoms with Gasteiger partial charge in [0.2, 0.25) is 5.95 Å². The molecule has 0 unspecified atom stereocenters. The number of morpholine rings is 1. The molecule has 0 spiro atoms. The maximum atomic E-state index is 11.7. The number of carbonyl (C=O) groups is 1. The fourth-order valence-electron chi connectivity index (χ4n) is 2.71. The Bertz CT molecular complexity index is 761. The average molecular weight is 357 g/mol. The van der Waals surface area contributed by atoms with Gasteiger partial charge in [-0.2, -0.15) is 4.98 Å². The van der Waals surface area contributed by atoms with Crippen LogP contribution in [0, 0.1) is 0 Å². The van der Waals surface area contributed by atoms with Gasteiger partial charge in [-0.25, -0.2) is 4.98 Å². The van der Waals surface area contributed by atoms with E-state index in [1.54, 1.807) is 32.4 Å². The summed E-state index contributed by atoms with van der Waals surface area (Å²) in [5.41, 5.74) is 0.521. The Labute approximate surface area is 152 Å². The number of anilines is 2. The molecule has 138 valence electrons. The Kier molecular flexibility index (Phi) is 5.32. The number of nitrogens with zero attached hydrogens (tertiary/aromatic N) is 4. The zero-order valence-corrected chi connectivity index (χ0v) is 15.0. The van der Waals surface area contributed by atoms with Crippen LogP contribution in [0.3, 0.4) is 0 Å². The largest absolute Gasteiger partial charge is 0.481 e. The van der Waals surface area contributed by atoms with Crippen LogP contribution < -0.4 is 10.2 Å². The maximum Gasteiger partial charge on any atom is 0.313 e. The normalized spacial score (nSPS) is 14.9. The molecule has 0 aliphatic carbocycles. The molecule has 2 N–H and O–H groups in total. The summed E-state index contributed by atoms with van der Waals surface area (Å²) >= 11 is 0. The summed E-state index contributed by atoms with van der Waals surface area (Å²) in [5.74, 6) is 0.191. The minimum atomic E-state index is -1.09. The second kappa shape index (κ2) is 7.65. The molecule has 0 bridgehead atoms. The van der Waals surface area contributed by atoms with Crippen LogP contribution >= 0.6 is 0 Å². The number of carboxylic acid groups (broad SMARTS) is 1. The van der Waals surface area contributed by atoms with Gasteiger partial charge in [0.25, 0.3) is 0 Å². The fourth-order valence-corrected chi connectivity index (χ4v) is 2.71. The van der Waals surface area contributed by atoms with E-state index in [2.05, 4.69) is 25.2 Å². The van der Waals surface area contributed by atoms with Gasteiger partial charge in [0, 0.05) is 43.8 Å². The molecule has 8 heteroatoms. The molecule has 26 heavy (non-hydrogen) atoms. The monoisotopic (exact) mass is 357 g/mol. The molecule has 2 aromatic heterocycles. The molecule has 2 aromatic rings. The number of ether oxygens (including phenoxy) is 1. The van der Waals surface area contributed by atoms with Crippen LogP contribution in [0.5, 0.6) is 0 Å². The standard InChI is InChI=1S/C18H23N5O3/c1-18(2,16(24)25)14-12-21-17(20-11-13-4-3-5-19-10-13)22-15(14)23-6-8-26-9-7-23/h3-5,10,12H,6-9,11H2,1-2H3,(H,24,25)(H,20,21,22). The van der Waals surface area contributed by atoms with Crippen LogP contribution in [-0.2, 0) is 21.5 Å². The molecular weight excluding hydrogens is 334 g/mol. The molecule has 1 saturated heterocycles. The van der Waals surface area contributed by atoms with Gasteiger partial charge in [-0.3, -0.25) is 9.78 Å². The van der Waals surface area contributed by atoms with E-state index >= 15 is 0 Å². The Morgan fingerprint density at radius 1 is 1.35 bits per heavy atom. The van der Waals surface area contributed by atoms with Crippen LogP contribution in [0.2, 0.25) is 0 Å². The summed E-state index contributed by atoms with van der Waals surface area (Å²) in [4.78, 5) is 26.8. The van der Waals surface area contributed by atoms with Crippen molar-refractivity contribution < 1.29 is 14.6 Å².